The number of nitrogens with one attached hydrogen (secondary N) is 2. The van der Waals surface area contributed by atoms with Crippen molar-refractivity contribution in [2.75, 3.05) is 23.4 Å². The molecule has 28 heavy (non-hydrogen) atoms. The number of rotatable bonds is 3. The fourth-order valence-corrected chi connectivity index (χ4v) is 3.26. The lowest BCUT2D eigenvalue weighted by molar-refractivity contribution is 0.368. The third-order valence-corrected chi connectivity index (χ3v) is 4.56. The summed E-state index contributed by atoms with van der Waals surface area (Å²) in [5.74, 6) is 3.45. The van der Waals surface area contributed by atoms with Crippen molar-refractivity contribution in [3.05, 3.63) is 39.4 Å². The maximum absolute atomic E-state index is 9.36. The van der Waals surface area contributed by atoms with Crippen LogP contribution in [0, 0.1) is 35.1 Å². The van der Waals surface area contributed by atoms with E-state index < -0.39 is 6.04 Å². The maximum Gasteiger partial charge on any atom is 0.211 e. The third-order valence-electron chi connectivity index (χ3n) is 3.94. The highest BCUT2D eigenvalue weighted by Gasteiger charge is 2.30. The molecule has 0 amide bonds. The number of fused-ring (bicyclic) bond motifs is 1. The molecule has 1 aliphatic heterocycles. The van der Waals surface area contributed by atoms with Gasteiger partial charge in [-0.2, -0.15) is 10.5 Å². The van der Waals surface area contributed by atoms with Crippen molar-refractivity contribution in [2.45, 2.75) is 6.04 Å². The second-order valence-corrected chi connectivity index (χ2v) is 6.44. The number of guanidine groups is 1. The van der Waals surface area contributed by atoms with Crippen LogP contribution in [0.15, 0.2) is 27.7 Å². The van der Waals surface area contributed by atoms with E-state index in [1.165, 1.54) is 0 Å². The SMILES string of the molecule is C#CCOc1ccc(C2N=C(NC#N)Nc3nc(N)c(C#N)c(N)c32)cc1Br. The number of nitrogens with two attached hydrogens (primary N) is 2. The van der Waals surface area contributed by atoms with E-state index in [-0.39, 0.29) is 29.6 Å². The number of aromatic nitrogens is 1. The summed E-state index contributed by atoms with van der Waals surface area (Å²) in [7, 11) is 0. The molecule has 1 aromatic carbocycles. The summed E-state index contributed by atoms with van der Waals surface area (Å²) in [6, 6.07) is 6.64. The molecule has 0 spiro atoms. The summed E-state index contributed by atoms with van der Waals surface area (Å²) in [5.41, 5.74) is 13.5. The number of hydrogen-bond donors (Lipinski definition) is 4. The van der Waals surface area contributed by atoms with Gasteiger partial charge in [-0.3, -0.25) is 5.32 Å². The van der Waals surface area contributed by atoms with Crippen LogP contribution < -0.4 is 26.8 Å². The Bertz CT molecular complexity index is 1110. The molecule has 2 aromatic rings. The van der Waals surface area contributed by atoms with Gasteiger partial charge in [0.1, 0.15) is 41.7 Å². The second-order valence-electron chi connectivity index (χ2n) is 5.58. The Morgan fingerprint density at radius 2 is 2.14 bits per heavy atom. The number of ether oxygens (including phenoxy) is 1. The van der Waals surface area contributed by atoms with Crippen LogP contribution in [0.25, 0.3) is 0 Å². The zero-order valence-electron chi connectivity index (χ0n) is 14.3. The predicted octanol–water partition coefficient (Wildman–Crippen LogP) is 1.83. The highest BCUT2D eigenvalue weighted by Crippen LogP contribution is 2.41. The molecule has 2 heterocycles. The topological polar surface area (TPSA) is 158 Å². The minimum atomic E-state index is -0.634. The summed E-state index contributed by atoms with van der Waals surface area (Å²) in [6.07, 6.45) is 7.02. The van der Waals surface area contributed by atoms with Crippen molar-refractivity contribution < 1.29 is 4.74 Å². The molecule has 0 aliphatic carbocycles. The minimum Gasteiger partial charge on any atom is -0.480 e. The fourth-order valence-electron chi connectivity index (χ4n) is 2.75. The average Bonchev–Trinajstić information content (AvgIpc) is 2.66. The van der Waals surface area contributed by atoms with Gasteiger partial charge in [-0.1, -0.05) is 12.0 Å². The Kier molecular flexibility index (Phi) is 5.21. The van der Waals surface area contributed by atoms with Crippen LogP contribution in [0.5, 0.6) is 5.75 Å². The Hall–Kier alpha value is -3.94. The number of terminal acetylenes is 1. The Morgan fingerprint density at radius 1 is 1.36 bits per heavy atom. The molecular weight excluding hydrogens is 424 g/mol. The number of anilines is 3. The maximum atomic E-state index is 9.36. The predicted molar refractivity (Wildman–Crippen MR) is 108 cm³/mol. The lowest BCUT2D eigenvalue weighted by Crippen LogP contribution is -2.32. The van der Waals surface area contributed by atoms with Crippen molar-refractivity contribution in [1.82, 2.24) is 10.3 Å². The molecule has 6 N–H and O–H groups in total. The van der Waals surface area contributed by atoms with Gasteiger partial charge in [0, 0.05) is 5.56 Å². The number of pyridine rings is 1. The van der Waals surface area contributed by atoms with E-state index in [0.717, 1.165) is 5.56 Å². The van der Waals surface area contributed by atoms with Gasteiger partial charge in [-0.25, -0.2) is 9.98 Å². The van der Waals surface area contributed by atoms with Crippen LogP contribution in [0.2, 0.25) is 0 Å². The molecule has 0 bridgehead atoms. The molecule has 0 saturated carbocycles. The molecule has 10 heteroatoms. The van der Waals surface area contributed by atoms with E-state index in [4.69, 9.17) is 27.9 Å². The number of aliphatic imine (C=N–C) groups is 1. The summed E-state index contributed by atoms with van der Waals surface area (Å²) in [6.45, 7) is 0.129. The average molecular weight is 437 g/mol. The van der Waals surface area contributed by atoms with Gasteiger partial charge in [-0.05, 0) is 33.6 Å². The van der Waals surface area contributed by atoms with E-state index >= 15 is 0 Å². The van der Waals surface area contributed by atoms with Crippen LogP contribution in [0.4, 0.5) is 17.3 Å². The van der Waals surface area contributed by atoms with Gasteiger partial charge in [0.25, 0.3) is 0 Å². The van der Waals surface area contributed by atoms with Crippen LogP contribution in [-0.2, 0) is 0 Å². The van der Waals surface area contributed by atoms with Crippen LogP contribution in [0.1, 0.15) is 22.7 Å². The highest BCUT2D eigenvalue weighted by atomic mass is 79.9. The molecule has 1 aromatic heterocycles. The largest absolute Gasteiger partial charge is 0.480 e. The normalized spacial score (nSPS) is 14.4. The summed E-state index contributed by atoms with van der Waals surface area (Å²) >= 11 is 3.44. The van der Waals surface area contributed by atoms with Gasteiger partial charge in [0.2, 0.25) is 5.96 Å². The van der Waals surface area contributed by atoms with Crippen molar-refractivity contribution in [2.24, 2.45) is 4.99 Å². The van der Waals surface area contributed by atoms with Crippen molar-refractivity contribution in [3.8, 4) is 30.4 Å². The van der Waals surface area contributed by atoms with Gasteiger partial charge in [0.15, 0.2) is 6.19 Å². The van der Waals surface area contributed by atoms with Crippen LogP contribution >= 0.6 is 15.9 Å². The first kappa shape index (κ1) is 18.8. The summed E-state index contributed by atoms with van der Waals surface area (Å²) in [4.78, 5) is 8.70. The monoisotopic (exact) mass is 436 g/mol. The Balaban J connectivity index is 2.15. The van der Waals surface area contributed by atoms with E-state index in [9.17, 15) is 5.26 Å². The molecule has 3 rings (SSSR count). The highest BCUT2D eigenvalue weighted by molar-refractivity contribution is 9.10. The van der Waals surface area contributed by atoms with Gasteiger partial charge in [-0.15, -0.1) is 6.42 Å². The molecule has 9 nitrogen and oxygen atoms in total. The lowest BCUT2D eigenvalue weighted by atomic mass is 9.95. The van der Waals surface area contributed by atoms with Crippen molar-refractivity contribution in [1.29, 1.82) is 10.5 Å². The first-order valence-corrected chi connectivity index (χ1v) is 8.64. The van der Waals surface area contributed by atoms with E-state index in [1.54, 1.807) is 24.4 Å². The number of benzene rings is 1. The number of nitrogens with zero attached hydrogens (tertiary/aromatic N) is 4. The molecule has 1 atom stereocenters. The van der Waals surface area contributed by atoms with Crippen molar-refractivity contribution >= 4 is 39.2 Å². The molecule has 0 radical (unpaired) electrons. The van der Waals surface area contributed by atoms with Gasteiger partial charge < -0.3 is 21.5 Å². The first-order valence-electron chi connectivity index (χ1n) is 7.84. The Morgan fingerprint density at radius 3 is 2.79 bits per heavy atom. The molecular formula is C18H13BrN8O. The zero-order chi connectivity index (χ0) is 20.3. The second kappa shape index (κ2) is 7.75. The molecule has 0 fully saturated rings. The molecule has 1 aliphatic rings. The van der Waals surface area contributed by atoms with Crippen LogP contribution in [-0.4, -0.2) is 17.6 Å². The van der Waals surface area contributed by atoms with Crippen molar-refractivity contribution in [3.63, 3.8) is 0 Å². The molecule has 1 unspecified atom stereocenters. The summed E-state index contributed by atoms with van der Waals surface area (Å²) < 4.78 is 6.11. The summed E-state index contributed by atoms with van der Waals surface area (Å²) in [5, 5.41) is 23.6. The van der Waals surface area contributed by atoms with Gasteiger partial charge in [0.05, 0.1) is 10.2 Å². The first-order chi connectivity index (χ1) is 13.5. The standard InChI is InChI=1S/C18H13BrN8O/c1-2-5-28-12-4-3-9(6-11(12)19)15-13-14(22)10(7-20)16(23)26-17(13)27-18(25-15)24-8-21/h1,3-4,6,15H,5H2,(H6,22,23,24,25,26,27). The molecule has 0 saturated heterocycles. The quantitative estimate of drug-likeness (QED) is 0.322. The van der Waals surface area contributed by atoms with Gasteiger partial charge >= 0.3 is 0 Å². The fraction of sp³-hybridized carbons (Fsp3) is 0.111. The zero-order valence-corrected chi connectivity index (χ0v) is 15.9. The minimum absolute atomic E-state index is 0.0116. The molecule has 138 valence electrons. The number of nitrogen functional groups attached to an aromatic ring is 2. The van der Waals surface area contributed by atoms with E-state index in [0.29, 0.717) is 21.6 Å². The lowest BCUT2D eigenvalue weighted by Gasteiger charge is -2.26. The smallest absolute Gasteiger partial charge is 0.211 e. The third kappa shape index (κ3) is 3.35. The number of halogens is 1. The Labute approximate surface area is 169 Å². The van der Waals surface area contributed by atoms with E-state index in [2.05, 4.69) is 42.5 Å². The van der Waals surface area contributed by atoms with Crippen LogP contribution in [0.3, 0.4) is 0 Å². The number of hydrogen-bond acceptors (Lipinski definition) is 9. The number of nitriles is 2. The van der Waals surface area contributed by atoms with E-state index in [1.807, 2.05) is 6.07 Å².